The molecule has 0 bridgehead atoms. The lowest BCUT2D eigenvalue weighted by Gasteiger charge is -2.16. The first-order chi connectivity index (χ1) is 14.0. The van der Waals surface area contributed by atoms with Crippen LogP contribution in [0.4, 0.5) is 5.69 Å². The molecule has 1 saturated heterocycles. The Labute approximate surface area is 170 Å². The van der Waals surface area contributed by atoms with E-state index in [-0.39, 0.29) is 34.1 Å². The monoisotopic (exact) mass is 410 g/mol. The van der Waals surface area contributed by atoms with Gasteiger partial charge in [0.25, 0.3) is 5.91 Å². The molecule has 1 unspecified atom stereocenters. The van der Waals surface area contributed by atoms with E-state index >= 15 is 0 Å². The number of para-hydroxylation sites is 1. The minimum Gasteiger partial charge on any atom is -0.455 e. The van der Waals surface area contributed by atoms with Crippen LogP contribution in [0.5, 0.6) is 0 Å². The van der Waals surface area contributed by atoms with Crippen LogP contribution in [0.3, 0.4) is 0 Å². The largest absolute Gasteiger partial charge is 0.455 e. The highest BCUT2D eigenvalue weighted by Crippen LogP contribution is 2.21. The van der Waals surface area contributed by atoms with Crippen LogP contribution in [-0.2, 0) is 15.6 Å². The first-order valence-corrected chi connectivity index (χ1v) is 11.1. The molecule has 1 atom stereocenters. The number of amides is 1. The Morgan fingerprint density at radius 3 is 2.41 bits per heavy atom. The number of furan rings is 1. The number of benzene rings is 2. The molecular formula is C22H22N2O4S. The summed E-state index contributed by atoms with van der Waals surface area (Å²) in [6, 6.07) is 21.4. The lowest BCUT2D eigenvalue weighted by atomic mass is 10.2. The van der Waals surface area contributed by atoms with Crippen LogP contribution in [0.1, 0.15) is 22.7 Å². The van der Waals surface area contributed by atoms with Gasteiger partial charge in [0.2, 0.25) is 0 Å². The normalized spacial score (nSPS) is 16.7. The van der Waals surface area contributed by atoms with Crippen molar-refractivity contribution in [1.29, 1.82) is 0 Å². The highest BCUT2D eigenvalue weighted by atomic mass is 32.2. The minimum atomic E-state index is -3.52. The average Bonchev–Trinajstić information content (AvgIpc) is 3.38. The summed E-state index contributed by atoms with van der Waals surface area (Å²) in [4.78, 5) is 14.7. The van der Waals surface area contributed by atoms with E-state index < -0.39 is 9.84 Å². The molecule has 0 aliphatic carbocycles. The predicted octanol–water partition coefficient (Wildman–Crippen LogP) is 3.58. The maximum absolute atomic E-state index is 12.7. The number of hydrogen-bond donors (Lipinski definition) is 1. The third-order valence-corrected chi connectivity index (χ3v) is 6.58. The molecule has 0 saturated carbocycles. The molecule has 0 spiro atoms. The van der Waals surface area contributed by atoms with Crippen molar-refractivity contribution in [3.63, 3.8) is 0 Å². The van der Waals surface area contributed by atoms with Crippen LogP contribution >= 0.6 is 0 Å². The zero-order chi connectivity index (χ0) is 20.3. The van der Waals surface area contributed by atoms with Crippen LogP contribution < -0.4 is 5.32 Å². The van der Waals surface area contributed by atoms with E-state index in [2.05, 4.69) is 5.32 Å². The molecule has 6 nitrogen and oxygen atoms in total. The number of nitrogens with one attached hydrogen (secondary N) is 1. The van der Waals surface area contributed by atoms with Gasteiger partial charge < -0.3 is 14.6 Å². The van der Waals surface area contributed by atoms with E-state index in [9.17, 15) is 13.2 Å². The summed E-state index contributed by atoms with van der Waals surface area (Å²) < 4.78 is 30.6. The molecule has 1 aromatic heterocycles. The first-order valence-electron chi connectivity index (χ1n) is 9.49. The third-order valence-electron chi connectivity index (χ3n) is 4.93. The number of sulfone groups is 1. The van der Waals surface area contributed by atoms with Crippen LogP contribution in [0, 0.1) is 0 Å². The molecule has 7 heteroatoms. The van der Waals surface area contributed by atoms with E-state index in [1.807, 2.05) is 30.3 Å². The average molecular weight is 410 g/mol. The predicted molar refractivity (Wildman–Crippen MR) is 110 cm³/mol. The fraction of sp³-hybridized carbons (Fsp3) is 0.227. The molecule has 1 aliphatic heterocycles. The van der Waals surface area contributed by atoms with Gasteiger partial charge in [-0.25, -0.2) is 8.42 Å². The number of carbonyl (C=O) groups is 1. The number of likely N-dealkylation sites (tertiary alicyclic amines) is 1. The zero-order valence-electron chi connectivity index (χ0n) is 15.8. The second-order valence-corrected chi connectivity index (χ2v) is 9.07. The Hall–Kier alpha value is -3.06. The minimum absolute atomic E-state index is 0.170. The van der Waals surface area contributed by atoms with Gasteiger partial charge in [-0.3, -0.25) is 4.79 Å². The van der Waals surface area contributed by atoms with E-state index in [4.69, 9.17) is 4.42 Å². The number of nitrogens with zero attached hydrogens (tertiary/aromatic N) is 1. The van der Waals surface area contributed by atoms with Gasteiger partial charge in [-0.15, -0.1) is 0 Å². The molecule has 1 N–H and O–H groups in total. The lowest BCUT2D eigenvalue weighted by Crippen LogP contribution is -2.31. The topological polar surface area (TPSA) is 79.6 Å². The fourth-order valence-corrected chi connectivity index (χ4v) is 4.73. The van der Waals surface area contributed by atoms with Gasteiger partial charge in [0.1, 0.15) is 11.5 Å². The summed E-state index contributed by atoms with van der Waals surface area (Å²) in [5, 5.41) is 3.43. The molecule has 1 fully saturated rings. The van der Waals surface area contributed by atoms with Gasteiger partial charge in [-0.2, -0.15) is 0 Å². The summed E-state index contributed by atoms with van der Waals surface area (Å²) in [6.07, 6.45) is 0.844. The number of anilines is 1. The van der Waals surface area contributed by atoms with Crippen molar-refractivity contribution >= 4 is 21.4 Å². The van der Waals surface area contributed by atoms with Crippen LogP contribution in [0.2, 0.25) is 0 Å². The second-order valence-electron chi connectivity index (χ2n) is 7.09. The van der Waals surface area contributed by atoms with Gasteiger partial charge in [-0.05, 0) is 42.8 Å². The molecule has 0 radical (unpaired) electrons. The Bertz CT molecular complexity index is 1080. The molecule has 1 aliphatic rings. The SMILES string of the molecule is O=C(c1ccc(CS(=O)(=O)c2ccccc2)o1)N1CCC(Nc2ccccc2)C1. The van der Waals surface area contributed by atoms with Crippen LogP contribution in [0.25, 0.3) is 0 Å². The number of hydrogen-bond acceptors (Lipinski definition) is 5. The number of rotatable bonds is 6. The van der Waals surface area contributed by atoms with Gasteiger partial charge in [0.05, 0.1) is 4.90 Å². The van der Waals surface area contributed by atoms with Gasteiger partial charge in [-0.1, -0.05) is 36.4 Å². The lowest BCUT2D eigenvalue weighted by molar-refractivity contribution is 0.0758. The summed E-state index contributed by atoms with van der Waals surface area (Å²) >= 11 is 0. The van der Waals surface area contributed by atoms with Crippen LogP contribution in [0.15, 0.2) is 82.1 Å². The van der Waals surface area contributed by atoms with Crippen molar-refractivity contribution < 1.29 is 17.6 Å². The summed E-state index contributed by atoms with van der Waals surface area (Å²) in [5.74, 6) is -0.0626. The van der Waals surface area contributed by atoms with E-state index in [0.29, 0.717) is 13.1 Å². The summed E-state index contributed by atoms with van der Waals surface area (Å²) in [5.41, 5.74) is 1.03. The molecular weight excluding hydrogens is 388 g/mol. The van der Waals surface area contributed by atoms with Crippen LogP contribution in [-0.4, -0.2) is 38.4 Å². The van der Waals surface area contributed by atoms with E-state index in [1.165, 1.54) is 0 Å². The molecule has 150 valence electrons. The Morgan fingerprint density at radius 2 is 1.69 bits per heavy atom. The standard InChI is InChI=1S/C22H22N2O4S/c25-22(24-14-13-18(15-24)23-17-7-3-1-4-8-17)21-12-11-19(28-21)16-29(26,27)20-9-5-2-6-10-20/h1-12,18,23H,13-16H2. The molecule has 29 heavy (non-hydrogen) atoms. The summed E-state index contributed by atoms with van der Waals surface area (Å²) in [6.45, 7) is 1.20. The van der Waals surface area contributed by atoms with Crippen molar-refractivity contribution in [2.75, 3.05) is 18.4 Å². The van der Waals surface area contributed by atoms with Gasteiger partial charge >= 0.3 is 0 Å². The highest BCUT2D eigenvalue weighted by Gasteiger charge is 2.29. The number of carbonyl (C=O) groups excluding carboxylic acids is 1. The first kappa shape index (κ1) is 19.3. The molecule has 4 rings (SSSR count). The smallest absolute Gasteiger partial charge is 0.289 e. The highest BCUT2D eigenvalue weighted by molar-refractivity contribution is 7.90. The Morgan fingerprint density at radius 1 is 1.00 bits per heavy atom. The second kappa shape index (κ2) is 8.13. The maximum Gasteiger partial charge on any atom is 0.289 e. The van der Waals surface area contributed by atoms with Gasteiger partial charge in [0, 0.05) is 24.8 Å². The quantitative estimate of drug-likeness (QED) is 0.672. The Kier molecular flexibility index (Phi) is 5.40. The zero-order valence-corrected chi connectivity index (χ0v) is 16.6. The van der Waals surface area contributed by atoms with E-state index in [0.717, 1.165) is 12.1 Å². The third kappa shape index (κ3) is 4.51. The Balaban J connectivity index is 1.39. The van der Waals surface area contributed by atoms with Crippen molar-refractivity contribution in [3.8, 4) is 0 Å². The molecule has 2 heterocycles. The van der Waals surface area contributed by atoms with E-state index in [1.54, 1.807) is 47.4 Å². The summed E-state index contributed by atoms with van der Waals surface area (Å²) in [7, 11) is -3.52. The van der Waals surface area contributed by atoms with Crippen molar-refractivity contribution in [3.05, 3.63) is 84.3 Å². The van der Waals surface area contributed by atoms with Gasteiger partial charge in [0.15, 0.2) is 15.6 Å². The molecule has 2 aromatic carbocycles. The molecule has 3 aromatic rings. The molecule has 1 amide bonds. The maximum atomic E-state index is 12.7. The van der Waals surface area contributed by atoms with Crippen molar-refractivity contribution in [2.24, 2.45) is 0 Å². The van der Waals surface area contributed by atoms with Crippen molar-refractivity contribution in [1.82, 2.24) is 4.90 Å². The fourth-order valence-electron chi connectivity index (χ4n) is 3.46. The van der Waals surface area contributed by atoms with Crippen molar-refractivity contribution in [2.45, 2.75) is 23.1 Å².